The van der Waals surface area contributed by atoms with E-state index in [1.165, 1.54) is 4.31 Å². The number of amides is 1. The molecule has 1 amide bonds. The Morgan fingerprint density at radius 2 is 1.75 bits per heavy atom. The maximum atomic E-state index is 13.1. The zero-order valence-electron chi connectivity index (χ0n) is 15.3. The Kier molecular flexibility index (Phi) is 5.23. The Balaban J connectivity index is 1.55. The van der Waals surface area contributed by atoms with Gasteiger partial charge in [-0.25, -0.2) is 8.42 Å². The SMILES string of the molecule is O=C(Nc1ccc2c(c1)OCCO2)C1CCCCN1S(=O)(=O)c1ccccc1. The molecule has 2 aromatic rings. The molecule has 0 aliphatic carbocycles. The fourth-order valence-corrected chi connectivity index (χ4v) is 5.21. The van der Waals surface area contributed by atoms with Crippen LogP contribution in [0.25, 0.3) is 0 Å². The van der Waals surface area contributed by atoms with Crippen LogP contribution < -0.4 is 14.8 Å². The third kappa shape index (κ3) is 3.70. The molecule has 2 aliphatic heterocycles. The summed E-state index contributed by atoms with van der Waals surface area (Å²) in [6.45, 7) is 1.28. The van der Waals surface area contributed by atoms with Crippen LogP contribution in [0.2, 0.25) is 0 Å². The molecule has 4 rings (SSSR count). The van der Waals surface area contributed by atoms with Crippen molar-refractivity contribution in [3.8, 4) is 11.5 Å². The van der Waals surface area contributed by atoms with Crippen molar-refractivity contribution >= 4 is 21.6 Å². The highest BCUT2D eigenvalue weighted by Gasteiger charge is 2.37. The molecule has 148 valence electrons. The summed E-state index contributed by atoms with van der Waals surface area (Å²) in [7, 11) is -3.74. The number of carbonyl (C=O) groups excluding carboxylic acids is 1. The average Bonchev–Trinajstić information content (AvgIpc) is 2.74. The first kappa shape index (κ1) is 18.8. The fourth-order valence-electron chi connectivity index (χ4n) is 3.53. The van der Waals surface area contributed by atoms with Crippen molar-refractivity contribution in [3.63, 3.8) is 0 Å². The molecule has 2 heterocycles. The monoisotopic (exact) mass is 402 g/mol. The van der Waals surface area contributed by atoms with Crippen LogP contribution in [0.5, 0.6) is 11.5 Å². The lowest BCUT2D eigenvalue weighted by molar-refractivity contribution is -0.120. The summed E-state index contributed by atoms with van der Waals surface area (Å²) in [5.41, 5.74) is 0.553. The lowest BCUT2D eigenvalue weighted by Crippen LogP contribution is -2.49. The molecule has 2 aromatic carbocycles. The summed E-state index contributed by atoms with van der Waals surface area (Å²) in [6, 6.07) is 12.7. The molecule has 1 atom stereocenters. The molecule has 0 aromatic heterocycles. The van der Waals surface area contributed by atoms with Gasteiger partial charge in [0.1, 0.15) is 19.3 Å². The van der Waals surface area contributed by atoms with E-state index >= 15 is 0 Å². The summed E-state index contributed by atoms with van der Waals surface area (Å²) in [6.07, 6.45) is 2.03. The van der Waals surface area contributed by atoms with Gasteiger partial charge in [0.25, 0.3) is 0 Å². The van der Waals surface area contributed by atoms with Gasteiger partial charge in [0, 0.05) is 18.3 Å². The van der Waals surface area contributed by atoms with Crippen LogP contribution in [-0.4, -0.2) is 44.4 Å². The Bertz CT molecular complexity index is 962. The van der Waals surface area contributed by atoms with E-state index in [2.05, 4.69) is 5.32 Å². The fraction of sp³-hybridized carbons (Fsp3) is 0.350. The van der Waals surface area contributed by atoms with E-state index in [1.807, 2.05) is 0 Å². The van der Waals surface area contributed by atoms with Crippen molar-refractivity contribution < 1.29 is 22.7 Å². The number of carbonyl (C=O) groups is 1. The number of anilines is 1. The second-order valence-electron chi connectivity index (χ2n) is 6.79. The summed E-state index contributed by atoms with van der Waals surface area (Å²) in [5.74, 6) is 0.868. The molecule has 1 saturated heterocycles. The number of ether oxygens (including phenoxy) is 2. The Labute approximate surface area is 164 Å². The predicted octanol–water partition coefficient (Wildman–Crippen LogP) is 2.64. The van der Waals surface area contributed by atoms with Gasteiger partial charge in [0.2, 0.25) is 15.9 Å². The van der Waals surface area contributed by atoms with Crippen LogP contribution in [0.15, 0.2) is 53.4 Å². The van der Waals surface area contributed by atoms with Gasteiger partial charge in [-0.05, 0) is 37.1 Å². The van der Waals surface area contributed by atoms with Crippen LogP contribution in [-0.2, 0) is 14.8 Å². The van der Waals surface area contributed by atoms with Crippen LogP contribution in [0, 0.1) is 0 Å². The van der Waals surface area contributed by atoms with Crippen LogP contribution in [0.1, 0.15) is 19.3 Å². The van der Waals surface area contributed by atoms with E-state index < -0.39 is 16.1 Å². The molecule has 0 saturated carbocycles. The molecular formula is C20H22N2O5S. The summed E-state index contributed by atoms with van der Waals surface area (Å²) in [4.78, 5) is 13.1. The molecule has 8 heteroatoms. The molecule has 7 nitrogen and oxygen atoms in total. The van der Waals surface area contributed by atoms with Crippen molar-refractivity contribution in [2.75, 3.05) is 25.1 Å². The van der Waals surface area contributed by atoms with Gasteiger partial charge in [0.05, 0.1) is 4.90 Å². The van der Waals surface area contributed by atoms with Crippen LogP contribution in [0.4, 0.5) is 5.69 Å². The topological polar surface area (TPSA) is 84.9 Å². The lowest BCUT2D eigenvalue weighted by atomic mass is 10.0. The number of nitrogens with zero attached hydrogens (tertiary/aromatic N) is 1. The second-order valence-corrected chi connectivity index (χ2v) is 8.68. The van der Waals surface area contributed by atoms with E-state index in [-0.39, 0.29) is 10.8 Å². The number of hydrogen-bond acceptors (Lipinski definition) is 5. The summed E-state index contributed by atoms with van der Waals surface area (Å²) in [5, 5.41) is 2.83. The van der Waals surface area contributed by atoms with Gasteiger partial charge in [-0.2, -0.15) is 4.31 Å². The average molecular weight is 402 g/mol. The van der Waals surface area contributed by atoms with Gasteiger partial charge < -0.3 is 14.8 Å². The van der Waals surface area contributed by atoms with Crippen LogP contribution in [0.3, 0.4) is 0 Å². The second kappa shape index (κ2) is 7.81. The van der Waals surface area contributed by atoms with Crippen molar-refractivity contribution in [2.45, 2.75) is 30.2 Å². The summed E-state index contributed by atoms with van der Waals surface area (Å²) >= 11 is 0. The van der Waals surface area contributed by atoms with E-state index in [9.17, 15) is 13.2 Å². The van der Waals surface area contributed by atoms with Gasteiger partial charge in [-0.3, -0.25) is 4.79 Å². The maximum Gasteiger partial charge on any atom is 0.243 e. The first-order valence-electron chi connectivity index (χ1n) is 9.33. The Morgan fingerprint density at radius 3 is 2.54 bits per heavy atom. The van der Waals surface area contributed by atoms with Crippen molar-refractivity contribution in [1.29, 1.82) is 0 Å². The molecular weight excluding hydrogens is 380 g/mol. The number of benzene rings is 2. The minimum absolute atomic E-state index is 0.203. The maximum absolute atomic E-state index is 13.1. The zero-order valence-corrected chi connectivity index (χ0v) is 16.2. The lowest BCUT2D eigenvalue weighted by Gasteiger charge is -2.33. The number of hydrogen-bond donors (Lipinski definition) is 1. The normalized spacial score (nSPS) is 19.8. The number of sulfonamides is 1. The number of piperidine rings is 1. The highest BCUT2D eigenvalue weighted by Crippen LogP contribution is 2.33. The minimum atomic E-state index is -3.74. The predicted molar refractivity (Wildman–Crippen MR) is 104 cm³/mol. The van der Waals surface area contributed by atoms with Gasteiger partial charge >= 0.3 is 0 Å². The minimum Gasteiger partial charge on any atom is -0.486 e. The quantitative estimate of drug-likeness (QED) is 0.850. The molecule has 1 fully saturated rings. The number of fused-ring (bicyclic) bond motifs is 1. The van der Waals surface area contributed by atoms with E-state index in [0.717, 1.165) is 12.8 Å². The Morgan fingerprint density at radius 1 is 1.00 bits per heavy atom. The van der Waals surface area contributed by atoms with E-state index in [4.69, 9.17) is 9.47 Å². The van der Waals surface area contributed by atoms with Gasteiger partial charge in [-0.1, -0.05) is 24.6 Å². The van der Waals surface area contributed by atoms with E-state index in [0.29, 0.717) is 43.4 Å². The largest absolute Gasteiger partial charge is 0.486 e. The molecule has 0 spiro atoms. The highest BCUT2D eigenvalue weighted by atomic mass is 32.2. The molecule has 1 unspecified atom stereocenters. The molecule has 1 N–H and O–H groups in total. The highest BCUT2D eigenvalue weighted by molar-refractivity contribution is 7.89. The first-order chi connectivity index (χ1) is 13.6. The smallest absolute Gasteiger partial charge is 0.243 e. The summed E-state index contributed by atoms with van der Waals surface area (Å²) < 4.78 is 38.5. The van der Waals surface area contributed by atoms with Crippen molar-refractivity contribution in [3.05, 3.63) is 48.5 Å². The van der Waals surface area contributed by atoms with Crippen LogP contribution >= 0.6 is 0 Å². The molecule has 2 aliphatic rings. The number of nitrogens with one attached hydrogen (secondary N) is 1. The molecule has 0 bridgehead atoms. The third-order valence-corrected chi connectivity index (χ3v) is 6.84. The van der Waals surface area contributed by atoms with Gasteiger partial charge in [0.15, 0.2) is 11.5 Å². The standard InChI is InChI=1S/C20H22N2O5S/c23-20(21-15-9-10-18-19(14-15)27-13-12-26-18)17-8-4-5-11-22(17)28(24,25)16-6-2-1-3-7-16/h1-3,6-7,9-10,14,17H,4-5,8,11-13H2,(H,21,23). The first-order valence-corrected chi connectivity index (χ1v) is 10.8. The Hall–Kier alpha value is -2.58. The molecule has 28 heavy (non-hydrogen) atoms. The van der Waals surface area contributed by atoms with Crippen molar-refractivity contribution in [2.24, 2.45) is 0 Å². The van der Waals surface area contributed by atoms with Gasteiger partial charge in [-0.15, -0.1) is 0 Å². The molecule has 0 radical (unpaired) electrons. The number of rotatable bonds is 4. The van der Waals surface area contributed by atoms with Crippen molar-refractivity contribution in [1.82, 2.24) is 4.31 Å². The zero-order chi connectivity index (χ0) is 19.6. The third-order valence-electron chi connectivity index (χ3n) is 4.92. The van der Waals surface area contributed by atoms with E-state index in [1.54, 1.807) is 48.5 Å².